The van der Waals surface area contributed by atoms with Crippen LogP contribution in [0.5, 0.6) is 0 Å². The van der Waals surface area contributed by atoms with Gasteiger partial charge in [-0.25, -0.2) is 0 Å². The van der Waals surface area contributed by atoms with E-state index < -0.39 is 0 Å². The summed E-state index contributed by atoms with van der Waals surface area (Å²) in [6, 6.07) is 21.7. The molecule has 1 unspecified atom stereocenters. The van der Waals surface area contributed by atoms with Gasteiger partial charge < -0.3 is 11.1 Å². The van der Waals surface area contributed by atoms with Crippen molar-refractivity contribution in [3.63, 3.8) is 0 Å². The highest BCUT2D eigenvalue weighted by Gasteiger charge is 2.14. The maximum Gasteiger partial charge on any atom is 0.251 e. The van der Waals surface area contributed by atoms with Crippen molar-refractivity contribution < 1.29 is 4.79 Å². The molecule has 3 N–H and O–H groups in total. The molecule has 0 aliphatic heterocycles. The number of nitrogens with two attached hydrogens (primary N) is 1. The van der Waals surface area contributed by atoms with Gasteiger partial charge in [-0.15, -0.1) is 12.4 Å². The lowest BCUT2D eigenvalue weighted by atomic mass is 10.0. The number of benzene rings is 3. The topological polar surface area (TPSA) is 55.1 Å². The Labute approximate surface area is 148 Å². The van der Waals surface area contributed by atoms with Crippen LogP contribution in [0.4, 0.5) is 0 Å². The number of nitrogens with one attached hydrogen (secondary N) is 1. The molecule has 3 aromatic rings. The molecule has 0 saturated carbocycles. The Morgan fingerprint density at radius 1 is 1.00 bits per heavy atom. The highest BCUT2D eigenvalue weighted by atomic mass is 35.5. The average Bonchev–Trinajstić information content (AvgIpc) is 2.59. The van der Waals surface area contributed by atoms with Crippen LogP contribution >= 0.6 is 12.4 Å². The van der Waals surface area contributed by atoms with Crippen molar-refractivity contribution in [2.45, 2.75) is 13.0 Å². The van der Waals surface area contributed by atoms with E-state index >= 15 is 0 Å². The SMILES string of the molecule is Cc1ccc(C(=O)NC(CN)c2ccc3ccccc3c2)cc1.Cl. The lowest BCUT2D eigenvalue weighted by Crippen LogP contribution is -2.33. The van der Waals surface area contributed by atoms with Crippen molar-refractivity contribution >= 4 is 29.1 Å². The summed E-state index contributed by atoms with van der Waals surface area (Å²) in [6.45, 7) is 2.36. The molecular weight excluding hydrogens is 320 g/mol. The van der Waals surface area contributed by atoms with Crippen molar-refractivity contribution in [2.75, 3.05) is 6.54 Å². The summed E-state index contributed by atoms with van der Waals surface area (Å²) in [5.74, 6) is -0.103. The predicted octanol–water partition coefficient (Wildman–Crippen LogP) is 4.00. The molecule has 0 aliphatic carbocycles. The molecule has 3 rings (SSSR count). The van der Waals surface area contributed by atoms with Gasteiger partial charge >= 0.3 is 0 Å². The zero-order valence-electron chi connectivity index (χ0n) is 13.5. The highest BCUT2D eigenvalue weighted by molar-refractivity contribution is 5.94. The average molecular weight is 341 g/mol. The van der Waals surface area contributed by atoms with E-state index in [1.54, 1.807) is 0 Å². The number of carbonyl (C=O) groups excluding carboxylic acids is 1. The first-order valence-electron chi connectivity index (χ1n) is 7.73. The van der Waals surface area contributed by atoms with Gasteiger partial charge in [-0.3, -0.25) is 4.79 Å². The lowest BCUT2D eigenvalue weighted by Gasteiger charge is -2.18. The van der Waals surface area contributed by atoms with Crippen LogP contribution in [0.1, 0.15) is 27.5 Å². The van der Waals surface area contributed by atoms with Gasteiger partial charge in [0.1, 0.15) is 0 Å². The van der Waals surface area contributed by atoms with E-state index in [0.29, 0.717) is 12.1 Å². The van der Waals surface area contributed by atoms with E-state index in [4.69, 9.17) is 5.73 Å². The van der Waals surface area contributed by atoms with Crippen LogP contribution in [0.25, 0.3) is 10.8 Å². The van der Waals surface area contributed by atoms with E-state index in [2.05, 4.69) is 29.6 Å². The predicted molar refractivity (Wildman–Crippen MR) is 102 cm³/mol. The fraction of sp³-hybridized carbons (Fsp3) is 0.150. The number of carbonyl (C=O) groups is 1. The molecule has 0 saturated heterocycles. The Kier molecular flexibility index (Phi) is 5.96. The standard InChI is InChI=1S/C20H20N2O.ClH/c1-14-6-8-16(9-7-14)20(23)22-19(13-21)18-11-10-15-4-2-3-5-17(15)12-18;/h2-12,19H,13,21H2,1H3,(H,22,23);1H. The third kappa shape index (κ3) is 3.94. The van der Waals surface area contributed by atoms with Gasteiger partial charge in [0.15, 0.2) is 0 Å². The lowest BCUT2D eigenvalue weighted by molar-refractivity contribution is 0.0938. The smallest absolute Gasteiger partial charge is 0.251 e. The van der Waals surface area contributed by atoms with Crippen molar-refractivity contribution in [1.82, 2.24) is 5.32 Å². The summed E-state index contributed by atoms with van der Waals surface area (Å²) in [4.78, 5) is 12.4. The van der Waals surface area contributed by atoms with Gasteiger partial charge in [0.25, 0.3) is 5.91 Å². The molecule has 3 aromatic carbocycles. The maximum atomic E-state index is 12.4. The minimum Gasteiger partial charge on any atom is -0.344 e. The molecule has 0 fully saturated rings. The Morgan fingerprint density at radius 2 is 1.67 bits per heavy atom. The second kappa shape index (κ2) is 7.95. The molecule has 0 spiro atoms. The summed E-state index contributed by atoms with van der Waals surface area (Å²) in [7, 11) is 0. The number of halogens is 1. The van der Waals surface area contributed by atoms with Gasteiger partial charge in [-0.1, -0.05) is 54.1 Å². The fourth-order valence-corrected chi connectivity index (χ4v) is 2.65. The largest absolute Gasteiger partial charge is 0.344 e. The summed E-state index contributed by atoms with van der Waals surface area (Å²) in [6.07, 6.45) is 0. The minimum absolute atomic E-state index is 0. The van der Waals surface area contributed by atoms with E-state index in [0.717, 1.165) is 16.5 Å². The zero-order chi connectivity index (χ0) is 16.2. The summed E-state index contributed by atoms with van der Waals surface area (Å²) in [5.41, 5.74) is 8.68. The molecule has 124 valence electrons. The molecule has 0 bridgehead atoms. The molecule has 4 heteroatoms. The van der Waals surface area contributed by atoms with Gasteiger partial charge in [0.2, 0.25) is 0 Å². The number of fused-ring (bicyclic) bond motifs is 1. The van der Waals surface area contributed by atoms with Crippen molar-refractivity contribution in [2.24, 2.45) is 5.73 Å². The van der Waals surface area contributed by atoms with E-state index in [1.165, 1.54) is 5.39 Å². The second-order valence-electron chi connectivity index (χ2n) is 5.73. The molecular formula is C20H21ClN2O. The Balaban J connectivity index is 0.00000208. The summed E-state index contributed by atoms with van der Waals surface area (Å²) >= 11 is 0. The molecule has 0 radical (unpaired) electrons. The van der Waals surface area contributed by atoms with Crippen molar-refractivity contribution in [3.8, 4) is 0 Å². The van der Waals surface area contributed by atoms with Crippen LogP contribution < -0.4 is 11.1 Å². The minimum atomic E-state index is -0.201. The number of amides is 1. The molecule has 1 amide bonds. The number of aryl methyl sites for hydroxylation is 1. The molecule has 0 heterocycles. The number of rotatable bonds is 4. The summed E-state index contributed by atoms with van der Waals surface area (Å²) in [5, 5.41) is 5.34. The number of hydrogen-bond donors (Lipinski definition) is 2. The third-order valence-corrected chi connectivity index (χ3v) is 4.03. The van der Waals surface area contributed by atoms with Crippen molar-refractivity contribution in [1.29, 1.82) is 0 Å². The maximum absolute atomic E-state index is 12.4. The quantitative estimate of drug-likeness (QED) is 0.754. The van der Waals surface area contributed by atoms with Gasteiger partial charge in [0, 0.05) is 12.1 Å². The first-order chi connectivity index (χ1) is 11.2. The van der Waals surface area contributed by atoms with Crippen LogP contribution in [0.3, 0.4) is 0 Å². The van der Waals surface area contributed by atoms with Gasteiger partial charge in [-0.05, 0) is 41.5 Å². The molecule has 0 aromatic heterocycles. The first-order valence-corrected chi connectivity index (χ1v) is 7.73. The van der Waals surface area contributed by atoms with Crippen LogP contribution in [-0.2, 0) is 0 Å². The molecule has 3 nitrogen and oxygen atoms in total. The summed E-state index contributed by atoms with van der Waals surface area (Å²) < 4.78 is 0. The van der Waals surface area contributed by atoms with E-state index in [9.17, 15) is 4.79 Å². The molecule has 24 heavy (non-hydrogen) atoms. The first kappa shape index (κ1) is 18.0. The Bertz CT molecular complexity index is 830. The van der Waals surface area contributed by atoms with Crippen LogP contribution in [0, 0.1) is 6.92 Å². The Hall–Kier alpha value is -2.36. The van der Waals surface area contributed by atoms with Gasteiger partial charge in [0.05, 0.1) is 6.04 Å². The second-order valence-corrected chi connectivity index (χ2v) is 5.73. The Morgan fingerprint density at radius 3 is 2.33 bits per heavy atom. The zero-order valence-corrected chi connectivity index (χ0v) is 14.3. The fourth-order valence-electron chi connectivity index (χ4n) is 2.65. The van der Waals surface area contributed by atoms with Crippen LogP contribution in [-0.4, -0.2) is 12.5 Å². The molecule has 0 aliphatic rings. The van der Waals surface area contributed by atoms with Crippen molar-refractivity contribution in [3.05, 3.63) is 83.4 Å². The third-order valence-electron chi connectivity index (χ3n) is 4.03. The monoisotopic (exact) mass is 340 g/mol. The van der Waals surface area contributed by atoms with Crippen LogP contribution in [0.2, 0.25) is 0 Å². The van der Waals surface area contributed by atoms with Crippen LogP contribution in [0.15, 0.2) is 66.7 Å². The highest BCUT2D eigenvalue weighted by Crippen LogP contribution is 2.20. The molecule has 1 atom stereocenters. The van der Waals surface area contributed by atoms with E-state index in [-0.39, 0.29) is 24.4 Å². The van der Waals surface area contributed by atoms with Gasteiger partial charge in [-0.2, -0.15) is 0 Å². The number of hydrogen-bond acceptors (Lipinski definition) is 2. The normalized spacial score (nSPS) is 11.6. The van der Waals surface area contributed by atoms with E-state index in [1.807, 2.05) is 49.4 Å².